The Balaban J connectivity index is 1.37. The van der Waals surface area contributed by atoms with Gasteiger partial charge in [-0.25, -0.2) is 0 Å². The first-order chi connectivity index (χ1) is 19.8. The van der Waals surface area contributed by atoms with Gasteiger partial charge in [0.05, 0.1) is 22.2 Å². The third-order valence-corrected chi connectivity index (χ3v) is 9.04. The van der Waals surface area contributed by atoms with Gasteiger partial charge in [-0.2, -0.15) is 0 Å². The Labute approximate surface area is 239 Å². The van der Waals surface area contributed by atoms with Crippen molar-refractivity contribution in [2.24, 2.45) is 0 Å². The molecule has 0 N–H and O–H groups in total. The Morgan fingerprint density at radius 1 is 0.585 bits per heavy atom. The van der Waals surface area contributed by atoms with Crippen LogP contribution in [0.15, 0.2) is 114 Å². The fourth-order valence-corrected chi connectivity index (χ4v) is 6.16. The molecule has 1 saturated heterocycles. The molecule has 41 heavy (non-hydrogen) atoms. The van der Waals surface area contributed by atoms with Gasteiger partial charge in [-0.3, -0.25) is 0 Å². The van der Waals surface area contributed by atoms with Crippen molar-refractivity contribution in [1.82, 2.24) is 4.57 Å². The van der Waals surface area contributed by atoms with E-state index in [0.717, 1.165) is 60.6 Å². The van der Waals surface area contributed by atoms with Gasteiger partial charge in [-0.15, -0.1) is 0 Å². The molecule has 0 bridgehead atoms. The number of furan rings is 1. The topological polar surface area (TPSA) is 36.5 Å². The second kappa shape index (κ2) is 8.59. The summed E-state index contributed by atoms with van der Waals surface area (Å²) in [7, 11) is -0.424. The number of fused-ring (bicyclic) bond motifs is 6. The minimum absolute atomic E-state index is 0.400. The summed E-state index contributed by atoms with van der Waals surface area (Å²) >= 11 is 0. The summed E-state index contributed by atoms with van der Waals surface area (Å²) in [4.78, 5) is 0. The molecule has 0 aliphatic carbocycles. The fraction of sp³-hybridized carbons (Fsp3) is 0.167. The van der Waals surface area contributed by atoms with Crippen molar-refractivity contribution < 1.29 is 13.7 Å². The molecule has 0 atom stereocenters. The van der Waals surface area contributed by atoms with E-state index in [2.05, 4.69) is 129 Å². The maximum atomic E-state index is 6.43. The van der Waals surface area contributed by atoms with Gasteiger partial charge in [-0.1, -0.05) is 72.8 Å². The molecule has 0 amide bonds. The average molecular weight is 535 g/mol. The van der Waals surface area contributed by atoms with Crippen LogP contribution in [-0.2, 0) is 9.31 Å². The largest absolute Gasteiger partial charge is 0.494 e. The van der Waals surface area contributed by atoms with E-state index in [-0.39, 0.29) is 0 Å². The third kappa shape index (κ3) is 3.63. The van der Waals surface area contributed by atoms with Crippen molar-refractivity contribution in [1.29, 1.82) is 0 Å². The number of hydrogen-bond donors (Lipinski definition) is 0. The van der Waals surface area contributed by atoms with Crippen molar-refractivity contribution in [2.45, 2.75) is 38.9 Å². The highest BCUT2D eigenvalue weighted by Crippen LogP contribution is 2.40. The Kier molecular flexibility index (Phi) is 5.13. The van der Waals surface area contributed by atoms with Gasteiger partial charge in [-0.05, 0) is 75.1 Å². The molecule has 0 unspecified atom stereocenters. The van der Waals surface area contributed by atoms with Gasteiger partial charge in [0.15, 0.2) is 0 Å². The molecule has 8 rings (SSSR count). The van der Waals surface area contributed by atoms with E-state index in [1.807, 2.05) is 12.1 Å². The number of benzene rings is 5. The highest BCUT2D eigenvalue weighted by Gasteiger charge is 2.51. The molecule has 5 heteroatoms. The molecule has 3 heterocycles. The molecule has 2 aromatic heterocycles. The van der Waals surface area contributed by atoms with Gasteiger partial charge in [0, 0.05) is 32.8 Å². The van der Waals surface area contributed by atoms with Crippen LogP contribution in [0.4, 0.5) is 0 Å². The minimum Gasteiger partial charge on any atom is -0.455 e. The molecular weight excluding hydrogens is 505 g/mol. The summed E-state index contributed by atoms with van der Waals surface area (Å²) < 4.78 is 21.6. The molecular formula is C36H30BNO3. The average Bonchev–Trinajstić information content (AvgIpc) is 3.59. The normalized spacial score (nSPS) is 16.4. The summed E-state index contributed by atoms with van der Waals surface area (Å²) in [5.41, 5.74) is 7.67. The fourth-order valence-electron chi connectivity index (χ4n) is 6.16. The molecule has 1 aliphatic heterocycles. The monoisotopic (exact) mass is 535 g/mol. The molecule has 0 spiro atoms. The van der Waals surface area contributed by atoms with Gasteiger partial charge >= 0.3 is 7.12 Å². The van der Waals surface area contributed by atoms with Crippen LogP contribution in [-0.4, -0.2) is 22.9 Å². The van der Waals surface area contributed by atoms with E-state index in [1.54, 1.807) is 0 Å². The summed E-state index contributed by atoms with van der Waals surface area (Å²) in [5, 5.41) is 4.61. The maximum absolute atomic E-state index is 6.43. The van der Waals surface area contributed by atoms with Crippen molar-refractivity contribution >= 4 is 56.3 Å². The summed E-state index contributed by atoms with van der Waals surface area (Å²) in [6.45, 7) is 8.38. The van der Waals surface area contributed by atoms with Crippen LogP contribution in [0.25, 0.3) is 60.6 Å². The summed E-state index contributed by atoms with van der Waals surface area (Å²) in [6, 6.07) is 38.5. The standard InChI is InChI=1S/C36H30BNO3/c1-35(2)36(3,4)41-37(40-35)24-18-20-32-30(22-24)29-21-23(17-19-31(29)38(32)25-11-6-5-7-12-25)26-14-10-15-28-27-13-8-9-16-33(27)39-34(26)28/h5-22H,1-4H3. The zero-order valence-corrected chi connectivity index (χ0v) is 23.6. The molecule has 5 aromatic carbocycles. The van der Waals surface area contributed by atoms with Crippen molar-refractivity contribution in [3.8, 4) is 16.8 Å². The molecule has 200 valence electrons. The van der Waals surface area contributed by atoms with E-state index in [4.69, 9.17) is 13.7 Å². The van der Waals surface area contributed by atoms with Crippen LogP contribution in [0.5, 0.6) is 0 Å². The Morgan fingerprint density at radius 2 is 1.24 bits per heavy atom. The van der Waals surface area contributed by atoms with E-state index in [9.17, 15) is 0 Å². The Hall–Kier alpha value is -4.32. The lowest BCUT2D eigenvalue weighted by Gasteiger charge is -2.32. The Morgan fingerprint density at radius 3 is 2.02 bits per heavy atom. The lowest BCUT2D eigenvalue weighted by molar-refractivity contribution is 0.00578. The number of hydrogen-bond acceptors (Lipinski definition) is 3. The van der Waals surface area contributed by atoms with Crippen molar-refractivity contribution in [2.75, 3.05) is 0 Å². The second-order valence-corrected chi connectivity index (χ2v) is 12.0. The molecule has 4 nitrogen and oxygen atoms in total. The first kappa shape index (κ1) is 24.5. The quantitative estimate of drug-likeness (QED) is 0.213. The van der Waals surface area contributed by atoms with E-state index in [1.165, 1.54) is 5.39 Å². The van der Waals surface area contributed by atoms with Crippen molar-refractivity contribution in [3.63, 3.8) is 0 Å². The van der Waals surface area contributed by atoms with Crippen LogP contribution >= 0.6 is 0 Å². The Bertz CT molecular complexity index is 2100. The third-order valence-electron chi connectivity index (χ3n) is 9.04. The lowest BCUT2D eigenvalue weighted by Crippen LogP contribution is -2.41. The number of rotatable bonds is 3. The number of para-hydroxylation sites is 3. The molecule has 7 aromatic rings. The van der Waals surface area contributed by atoms with Gasteiger partial charge < -0.3 is 18.3 Å². The van der Waals surface area contributed by atoms with Crippen molar-refractivity contribution in [3.05, 3.63) is 109 Å². The molecule has 0 saturated carbocycles. The number of aromatic nitrogens is 1. The molecule has 1 fully saturated rings. The summed E-state index contributed by atoms with van der Waals surface area (Å²) in [6.07, 6.45) is 0. The lowest BCUT2D eigenvalue weighted by atomic mass is 9.78. The minimum atomic E-state index is -0.424. The zero-order valence-electron chi connectivity index (χ0n) is 23.6. The van der Waals surface area contributed by atoms with Crippen LogP contribution in [0.2, 0.25) is 0 Å². The summed E-state index contributed by atoms with van der Waals surface area (Å²) in [5.74, 6) is 0. The highest BCUT2D eigenvalue weighted by atomic mass is 16.7. The van der Waals surface area contributed by atoms with E-state index < -0.39 is 18.3 Å². The van der Waals surface area contributed by atoms with Gasteiger partial charge in [0.1, 0.15) is 11.2 Å². The van der Waals surface area contributed by atoms with E-state index >= 15 is 0 Å². The zero-order chi connectivity index (χ0) is 27.9. The molecule has 1 aliphatic rings. The van der Waals surface area contributed by atoms with Crippen LogP contribution in [0.3, 0.4) is 0 Å². The smallest absolute Gasteiger partial charge is 0.455 e. The first-order valence-electron chi connectivity index (χ1n) is 14.2. The van der Waals surface area contributed by atoms with Gasteiger partial charge in [0.25, 0.3) is 0 Å². The van der Waals surface area contributed by atoms with Crippen LogP contribution in [0, 0.1) is 0 Å². The van der Waals surface area contributed by atoms with Gasteiger partial charge in [0.2, 0.25) is 0 Å². The van der Waals surface area contributed by atoms with Crippen LogP contribution in [0.1, 0.15) is 27.7 Å². The van der Waals surface area contributed by atoms with Crippen LogP contribution < -0.4 is 5.46 Å². The molecule has 0 radical (unpaired) electrons. The predicted octanol–water partition coefficient (Wildman–Crippen LogP) is 8.65. The second-order valence-electron chi connectivity index (χ2n) is 12.0. The maximum Gasteiger partial charge on any atom is 0.494 e. The predicted molar refractivity (Wildman–Crippen MR) is 169 cm³/mol. The highest BCUT2D eigenvalue weighted by molar-refractivity contribution is 6.62. The van der Waals surface area contributed by atoms with E-state index in [0.29, 0.717) is 0 Å². The SMILES string of the molecule is CC1(C)OB(c2ccc3c(c2)c2cc(-c4cccc5c4oc4ccccc45)ccc2n3-c2ccccc2)OC1(C)C. The number of nitrogens with zero attached hydrogens (tertiary/aromatic N) is 1. The first-order valence-corrected chi connectivity index (χ1v) is 14.2.